The number of ketones is 1. The van der Waals surface area contributed by atoms with E-state index in [1.165, 1.54) is 6.33 Å². The van der Waals surface area contributed by atoms with Crippen LogP contribution < -0.4 is 16.0 Å². The highest BCUT2D eigenvalue weighted by Crippen LogP contribution is 2.68. The molecule has 4 N–H and O–H groups in total. The zero-order chi connectivity index (χ0) is 38.6. The van der Waals surface area contributed by atoms with Gasteiger partial charge in [0.1, 0.15) is 18.2 Å². The Bertz CT molecular complexity index is 1760. The summed E-state index contributed by atoms with van der Waals surface area (Å²) in [7, 11) is 0. The summed E-state index contributed by atoms with van der Waals surface area (Å²) in [5.41, 5.74) is 6.06. The molecule has 0 aromatic carbocycles. The molecule has 7 rings (SSSR count). The molecule has 2 aliphatic heterocycles. The number of carbonyl (C=O) groups is 4. The lowest BCUT2D eigenvalue weighted by atomic mass is 9.43. The lowest BCUT2D eigenvalue weighted by Gasteiger charge is -2.62. The summed E-state index contributed by atoms with van der Waals surface area (Å²) in [5, 5.41) is 14.3. The number of amides is 3. The maximum atomic E-state index is 13.7. The Labute approximate surface area is 318 Å². The number of aryl methyl sites for hydroxylation is 1. The van der Waals surface area contributed by atoms with Crippen LogP contribution >= 0.6 is 0 Å². The van der Waals surface area contributed by atoms with Gasteiger partial charge in [0.05, 0.1) is 12.4 Å². The number of rotatable bonds is 8. The maximum absolute atomic E-state index is 13.7. The Hall–Kier alpha value is -3.65. The molecule has 2 saturated heterocycles. The summed E-state index contributed by atoms with van der Waals surface area (Å²) < 4.78 is 8.13. The number of imidazole rings is 1. The van der Waals surface area contributed by atoms with Crippen LogP contribution in [0.4, 0.5) is 10.6 Å². The van der Waals surface area contributed by atoms with Crippen molar-refractivity contribution < 1.29 is 29.0 Å². The van der Waals surface area contributed by atoms with Gasteiger partial charge < -0.3 is 29.9 Å². The number of likely N-dealkylation sites (tertiary alicyclic amines) is 1. The lowest BCUT2D eigenvalue weighted by Crippen LogP contribution is -2.63. The highest BCUT2D eigenvalue weighted by molar-refractivity contribution is 5.92. The number of alkyl carbamates (subject to hydrolysis) is 1. The Kier molecular flexibility index (Phi) is 10.6. The smallest absolute Gasteiger partial charge is 0.414 e. The molecule has 0 radical (unpaired) electrons. The van der Waals surface area contributed by atoms with E-state index in [1.807, 2.05) is 9.47 Å². The van der Waals surface area contributed by atoms with Crippen molar-refractivity contribution in [1.29, 1.82) is 0 Å². The van der Waals surface area contributed by atoms with E-state index in [4.69, 9.17) is 10.5 Å². The summed E-state index contributed by atoms with van der Waals surface area (Å²) in [6.45, 7) is 13.6. The van der Waals surface area contributed by atoms with Gasteiger partial charge in [-0.25, -0.2) is 19.7 Å². The van der Waals surface area contributed by atoms with Crippen molar-refractivity contribution in [1.82, 2.24) is 29.7 Å². The monoisotopic (exact) mass is 748 g/mol. The second-order valence-corrected chi connectivity index (χ2v) is 17.9. The minimum Gasteiger partial charge on any atom is -0.445 e. The molecule has 4 heterocycles. The Morgan fingerprint density at radius 2 is 1.81 bits per heavy atom. The standard InChI is InChI=1S/C40H60N8O6/c1-6-38(4)20-29(39(5)24(2)7-13-40(25(3)34(38)52)14-8-28(49)33(39)40)54-37(53)45-30(50)19-26-9-15-46(16-10-26)31(51)12-18-48-23-44-32-35(42-22-43-36(32)48)47-17-11-27(41)21-47/h22-27,29,33-34,52H,6-21,41H2,1-5H3,(H,45,50,53)/t24?,25?,27?,29?,33?,34-,38+,39?,40?/m1/s1. The van der Waals surface area contributed by atoms with E-state index in [0.717, 1.165) is 44.6 Å². The fourth-order valence-electron chi connectivity index (χ4n) is 11.3. The Balaban J connectivity index is 0.926. The van der Waals surface area contributed by atoms with Crippen molar-refractivity contribution in [3.05, 3.63) is 12.7 Å². The molecule has 54 heavy (non-hydrogen) atoms. The van der Waals surface area contributed by atoms with Gasteiger partial charge in [-0.1, -0.05) is 34.6 Å². The van der Waals surface area contributed by atoms with Crippen molar-refractivity contribution in [2.75, 3.05) is 31.1 Å². The van der Waals surface area contributed by atoms with Gasteiger partial charge in [0.2, 0.25) is 11.8 Å². The maximum Gasteiger partial charge on any atom is 0.414 e. The van der Waals surface area contributed by atoms with Crippen LogP contribution in [0.3, 0.4) is 0 Å². The summed E-state index contributed by atoms with van der Waals surface area (Å²) in [6.07, 6.45) is 8.01. The van der Waals surface area contributed by atoms with Gasteiger partial charge in [-0.05, 0) is 80.0 Å². The third kappa shape index (κ3) is 6.68. The van der Waals surface area contributed by atoms with Crippen LogP contribution in [0.1, 0.15) is 105 Å². The van der Waals surface area contributed by atoms with Crippen LogP contribution in [-0.4, -0.2) is 97.6 Å². The molecule has 3 aliphatic carbocycles. The van der Waals surface area contributed by atoms with Crippen LogP contribution in [0.2, 0.25) is 0 Å². The van der Waals surface area contributed by atoms with E-state index >= 15 is 0 Å². The molecule has 0 spiro atoms. The van der Waals surface area contributed by atoms with E-state index in [-0.39, 0.29) is 53.2 Å². The average Bonchev–Trinajstić information content (AvgIpc) is 3.88. The van der Waals surface area contributed by atoms with Crippen LogP contribution in [0.5, 0.6) is 0 Å². The third-order valence-electron chi connectivity index (χ3n) is 15.1. The van der Waals surface area contributed by atoms with E-state index in [9.17, 15) is 24.3 Å². The van der Waals surface area contributed by atoms with E-state index in [2.05, 4.69) is 59.8 Å². The van der Waals surface area contributed by atoms with Crippen LogP contribution in [-0.2, 0) is 25.7 Å². The molecule has 2 aromatic heterocycles. The predicted octanol–water partition coefficient (Wildman–Crippen LogP) is 4.22. The zero-order valence-electron chi connectivity index (χ0n) is 32.8. The van der Waals surface area contributed by atoms with E-state index < -0.39 is 35.0 Å². The number of ether oxygens (including phenoxy) is 1. The number of aliphatic hydroxyl groups excluding tert-OH is 1. The highest BCUT2D eigenvalue weighted by atomic mass is 16.6. The number of nitrogens with two attached hydrogens (primary N) is 1. The molecular formula is C40H60N8O6. The van der Waals surface area contributed by atoms with Gasteiger partial charge in [-0.3, -0.25) is 19.7 Å². The number of aromatic nitrogens is 4. The molecule has 5 aliphatic rings. The SMILES string of the molecule is CC[C@@]1(C)CC(OC(=O)NC(=O)CC2CCN(C(=O)CCn3cnc4c(N5CCC(N)C5)ncnc43)CC2)C2(C)C(C)CCC3(CCC(=O)C32)C(C)[C@H]1O. The molecule has 9 atom stereocenters. The van der Waals surface area contributed by atoms with Crippen molar-refractivity contribution in [2.24, 2.45) is 45.7 Å². The molecule has 3 saturated carbocycles. The first-order valence-corrected chi connectivity index (χ1v) is 20.4. The molecule has 2 aromatic rings. The van der Waals surface area contributed by atoms with Crippen LogP contribution in [0.15, 0.2) is 12.7 Å². The number of piperidine rings is 1. The van der Waals surface area contributed by atoms with Gasteiger partial charge >= 0.3 is 6.09 Å². The second-order valence-electron chi connectivity index (χ2n) is 17.9. The normalized spacial score (nSPS) is 35.8. The van der Waals surface area contributed by atoms with Crippen LogP contribution in [0, 0.1) is 39.9 Å². The number of carbonyl (C=O) groups excluding carboxylic acids is 4. The number of hydrogen-bond acceptors (Lipinski definition) is 11. The molecular weight excluding hydrogens is 688 g/mol. The van der Waals surface area contributed by atoms with Crippen molar-refractivity contribution in [2.45, 2.75) is 130 Å². The van der Waals surface area contributed by atoms with Gasteiger partial charge in [0, 0.05) is 69.4 Å². The van der Waals surface area contributed by atoms with Crippen molar-refractivity contribution in [3.8, 4) is 0 Å². The first-order chi connectivity index (χ1) is 25.7. The molecule has 3 amide bonds. The molecule has 5 fully saturated rings. The van der Waals surface area contributed by atoms with Gasteiger partial charge in [0.25, 0.3) is 0 Å². The lowest BCUT2D eigenvalue weighted by molar-refractivity contribution is -0.198. The molecule has 14 nitrogen and oxygen atoms in total. The molecule has 14 heteroatoms. The minimum absolute atomic E-state index is 0.0299. The minimum atomic E-state index is -0.789. The largest absolute Gasteiger partial charge is 0.445 e. The highest BCUT2D eigenvalue weighted by Gasteiger charge is 2.68. The van der Waals surface area contributed by atoms with Crippen molar-refractivity contribution in [3.63, 3.8) is 0 Å². The molecule has 7 unspecified atom stereocenters. The average molecular weight is 749 g/mol. The Morgan fingerprint density at radius 1 is 1.06 bits per heavy atom. The summed E-state index contributed by atoms with van der Waals surface area (Å²) >= 11 is 0. The van der Waals surface area contributed by atoms with Gasteiger partial charge in [-0.2, -0.15) is 0 Å². The van der Waals surface area contributed by atoms with Gasteiger partial charge in [-0.15, -0.1) is 0 Å². The topological polar surface area (TPSA) is 186 Å². The van der Waals surface area contributed by atoms with Gasteiger partial charge in [0.15, 0.2) is 17.0 Å². The van der Waals surface area contributed by atoms with Crippen molar-refractivity contribution >= 4 is 40.7 Å². The number of imide groups is 1. The third-order valence-corrected chi connectivity index (χ3v) is 15.1. The fraction of sp³-hybridized carbons (Fsp3) is 0.775. The molecule has 2 bridgehead atoms. The number of anilines is 1. The first-order valence-electron chi connectivity index (χ1n) is 20.4. The first kappa shape index (κ1) is 38.6. The van der Waals surface area contributed by atoms with E-state index in [0.29, 0.717) is 69.3 Å². The summed E-state index contributed by atoms with van der Waals surface area (Å²) in [4.78, 5) is 71.1. The van der Waals surface area contributed by atoms with E-state index in [1.54, 1.807) is 6.33 Å². The molecule has 296 valence electrons. The number of nitrogens with one attached hydrogen (secondary N) is 1. The number of hydrogen-bond donors (Lipinski definition) is 3. The number of nitrogens with zero attached hydrogens (tertiary/aromatic N) is 6. The fourth-order valence-corrected chi connectivity index (χ4v) is 11.3. The number of fused-ring (bicyclic) bond motifs is 1. The second kappa shape index (κ2) is 14.8. The zero-order valence-corrected chi connectivity index (χ0v) is 32.8. The summed E-state index contributed by atoms with van der Waals surface area (Å²) in [6, 6.07) is 0.116. The number of Topliss-reactive ketones (excluding diaryl/α,β-unsaturated/α-hetero) is 1. The Morgan fingerprint density at radius 3 is 2.52 bits per heavy atom. The summed E-state index contributed by atoms with van der Waals surface area (Å²) in [5.74, 6) is 0.421. The quantitative estimate of drug-likeness (QED) is 0.351. The van der Waals surface area contributed by atoms with Crippen LogP contribution in [0.25, 0.3) is 11.2 Å². The predicted molar refractivity (Wildman–Crippen MR) is 202 cm³/mol. The number of aliphatic hydroxyl groups is 1.